The van der Waals surface area contributed by atoms with Gasteiger partial charge in [-0.1, -0.05) is 27.2 Å². The fourth-order valence-corrected chi connectivity index (χ4v) is 1.93. The van der Waals surface area contributed by atoms with Crippen LogP contribution in [0.1, 0.15) is 40.0 Å². The van der Waals surface area contributed by atoms with Crippen molar-refractivity contribution in [1.82, 2.24) is 5.43 Å². The molecule has 0 aliphatic heterocycles. The molecular weight excluding hydrogens is 148 g/mol. The molecule has 0 bridgehead atoms. The molecule has 2 nitrogen and oxygen atoms in total. The van der Waals surface area contributed by atoms with Gasteiger partial charge in [-0.15, -0.1) is 0 Å². The van der Waals surface area contributed by atoms with Gasteiger partial charge in [-0.2, -0.15) is 0 Å². The van der Waals surface area contributed by atoms with Crippen molar-refractivity contribution >= 4 is 0 Å². The maximum absolute atomic E-state index is 5.57. The first-order chi connectivity index (χ1) is 5.66. The topological polar surface area (TPSA) is 38.0 Å². The molecule has 12 heavy (non-hydrogen) atoms. The van der Waals surface area contributed by atoms with Crippen LogP contribution < -0.4 is 11.3 Å². The molecule has 0 aromatic carbocycles. The predicted molar refractivity (Wildman–Crippen MR) is 52.5 cm³/mol. The number of hydrogen-bond donors (Lipinski definition) is 2. The van der Waals surface area contributed by atoms with Gasteiger partial charge in [0.1, 0.15) is 0 Å². The second kappa shape index (κ2) is 4.24. The van der Waals surface area contributed by atoms with E-state index in [2.05, 4.69) is 26.2 Å². The molecular formula is C10H22N2. The van der Waals surface area contributed by atoms with E-state index in [-0.39, 0.29) is 0 Å². The second-order valence-electron chi connectivity index (χ2n) is 4.49. The Morgan fingerprint density at radius 3 is 2.08 bits per heavy atom. The Kier molecular flexibility index (Phi) is 3.53. The smallest absolute Gasteiger partial charge is 0.0266 e. The van der Waals surface area contributed by atoms with Crippen LogP contribution in [0.15, 0.2) is 0 Å². The lowest BCUT2D eigenvalue weighted by atomic mass is 9.73. The summed E-state index contributed by atoms with van der Waals surface area (Å²) in [5.41, 5.74) is 2.99. The van der Waals surface area contributed by atoms with Crippen molar-refractivity contribution in [2.24, 2.45) is 23.6 Å². The van der Waals surface area contributed by atoms with Crippen LogP contribution in [-0.4, -0.2) is 6.04 Å². The van der Waals surface area contributed by atoms with E-state index in [4.69, 9.17) is 5.84 Å². The molecule has 0 heterocycles. The Morgan fingerprint density at radius 2 is 1.83 bits per heavy atom. The molecule has 1 aliphatic carbocycles. The highest BCUT2D eigenvalue weighted by molar-refractivity contribution is 4.85. The summed E-state index contributed by atoms with van der Waals surface area (Å²) in [5.74, 6) is 7.84. The summed E-state index contributed by atoms with van der Waals surface area (Å²) in [7, 11) is 0. The van der Waals surface area contributed by atoms with Crippen molar-refractivity contribution in [3.63, 3.8) is 0 Å². The lowest BCUT2D eigenvalue weighted by molar-refractivity contribution is 0.156. The Hall–Kier alpha value is -0.0800. The van der Waals surface area contributed by atoms with E-state index in [1.807, 2.05) is 0 Å². The molecule has 1 saturated carbocycles. The number of nitrogens with one attached hydrogen (secondary N) is 1. The van der Waals surface area contributed by atoms with Crippen molar-refractivity contribution in [3.8, 4) is 0 Å². The van der Waals surface area contributed by atoms with Gasteiger partial charge in [0.2, 0.25) is 0 Å². The van der Waals surface area contributed by atoms with Crippen molar-refractivity contribution < 1.29 is 0 Å². The minimum atomic E-state index is 0.541. The summed E-state index contributed by atoms with van der Waals surface area (Å²) in [6.45, 7) is 6.84. The van der Waals surface area contributed by atoms with Gasteiger partial charge >= 0.3 is 0 Å². The van der Waals surface area contributed by atoms with Crippen molar-refractivity contribution in [3.05, 3.63) is 0 Å². The number of rotatable bonds is 4. The summed E-state index contributed by atoms with van der Waals surface area (Å²) in [6, 6.07) is 0.541. The monoisotopic (exact) mass is 170 g/mol. The zero-order valence-electron chi connectivity index (χ0n) is 8.51. The standard InChI is InChI=1S/C10H22N2/c1-7(2)8(3)10(12-11)9-5-4-6-9/h7-10,12H,4-6,11H2,1-3H3. The molecule has 2 atom stereocenters. The lowest BCUT2D eigenvalue weighted by Crippen LogP contribution is -2.48. The van der Waals surface area contributed by atoms with Crippen molar-refractivity contribution in [1.29, 1.82) is 0 Å². The summed E-state index contributed by atoms with van der Waals surface area (Å²) in [5, 5.41) is 0. The van der Waals surface area contributed by atoms with Crippen LogP contribution in [0.4, 0.5) is 0 Å². The lowest BCUT2D eigenvalue weighted by Gasteiger charge is -2.38. The number of hydrogen-bond acceptors (Lipinski definition) is 2. The van der Waals surface area contributed by atoms with Gasteiger partial charge in [0.15, 0.2) is 0 Å². The highest BCUT2D eigenvalue weighted by atomic mass is 15.2. The van der Waals surface area contributed by atoms with Crippen molar-refractivity contribution in [2.75, 3.05) is 0 Å². The van der Waals surface area contributed by atoms with Gasteiger partial charge in [-0.3, -0.25) is 11.3 Å². The summed E-state index contributed by atoms with van der Waals surface area (Å²) >= 11 is 0. The predicted octanol–water partition coefficient (Wildman–Crippen LogP) is 1.91. The van der Waals surface area contributed by atoms with Gasteiger partial charge < -0.3 is 0 Å². The third-order valence-electron chi connectivity index (χ3n) is 3.47. The molecule has 0 amide bonds. The molecule has 0 aromatic rings. The summed E-state index contributed by atoms with van der Waals surface area (Å²) < 4.78 is 0. The highest BCUT2D eigenvalue weighted by Gasteiger charge is 2.31. The maximum Gasteiger partial charge on any atom is 0.0266 e. The quantitative estimate of drug-likeness (QED) is 0.499. The van der Waals surface area contributed by atoms with Crippen LogP contribution in [0, 0.1) is 17.8 Å². The van der Waals surface area contributed by atoms with Gasteiger partial charge in [-0.05, 0) is 30.6 Å². The first kappa shape index (κ1) is 10.0. The second-order valence-corrected chi connectivity index (χ2v) is 4.49. The average Bonchev–Trinajstić information content (AvgIpc) is 1.94. The summed E-state index contributed by atoms with van der Waals surface area (Å²) in [4.78, 5) is 0. The SMILES string of the molecule is CC(C)C(C)C(NN)C1CCC1. The molecule has 0 saturated heterocycles. The number of nitrogens with two attached hydrogens (primary N) is 1. The Balaban J connectivity index is 2.42. The van der Waals surface area contributed by atoms with E-state index < -0.39 is 0 Å². The summed E-state index contributed by atoms with van der Waals surface area (Å²) in [6.07, 6.45) is 4.13. The molecule has 0 radical (unpaired) electrons. The molecule has 3 N–H and O–H groups in total. The van der Waals surface area contributed by atoms with Gasteiger partial charge in [0, 0.05) is 6.04 Å². The third-order valence-corrected chi connectivity index (χ3v) is 3.47. The van der Waals surface area contributed by atoms with Crippen LogP contribution in [0.25, 0.3) is 0 Å². The van der Waals surface area contributed by atoms with Gasteiger partial charge in [0.25, 0.3) is 0 Å². The molecule has 0 spiro atoms. The van der Waals surface area contributed by atoms with E-state index in [1.54, 1.807) is 0 Å². The Bertz CT molecular complexity index is 130. The Labute approximate surface area is 75.9 Å². The van der Waals surface area contributed by atoms with Crippen LogP contribution in [0.3, 0.4) is 0 Å². The fraction of sp³-hybridized carbons (Fsp3) is 1.00. The van der Waals surface area contributed by atoms with E-state index in [1.165, 1.54) is 19.3 Å². The molecule has 0 aromatic heterocycles. The molecule has 1 fully saturated rings. The van der Waals surface area contributed by atoms with E-state index in [0.717, 1.165) is 11.8 Å². The van der Waals surface area contributed by atoms with E-state index in [9.17, 15) is 0 Å². The zero-order valence-corrected chi connectivity index (χ0v) is 8.51. The fourth-order valence-electron chi connectivity index (χ4n) is 1.93. The average molecular weight is 170 g/mol. The normalized spacial score (nSPS) is 23.8. The van der Waals surface area contributed by atoms with Gasteiger partial charge in [-0.25, -0.2) is 0 Å². The third kappa shape index (κ3) is 1.99. The van der Waals surface area contributed by atoms with Crippen LogP contribution in [-0.2, 0) is 0 Å². The van der Waals surface area contributed by atoms with Crippen LogP contribution in [0.2, 0.25) is 0 Å². The zero-order chi connectivity index (χ0) is 9.14. The number of hydrazine groups is 1. The minimum Gasteiger partial charge on any atom is -0.271 e. The van der Waals surface area contributed by atoms with Crippen molar-refractivity contribution in [2.45, 2.75) is 46.1 Å². The molecule has 1 aliphatic rings. The van der Waals surface area contributed by atoms with Gasteiger partial charge in [0.05, 0.1) is 0 Å². The van der Waals surface area contributed by atoms with Crippen LogP contribution in [0.5, 0.6) is 0 Å². The van der Waals surface area contributed by atoms with E-state index in [0.29, 0.717) is 12.0 Å². The van der Waals surface area contributed by atoms with E-state index >= 15 is 0 Å². The first-order valence-electron chi connectivity index (χ1n) is 5.13. The molecule has 2 unspecified atom stereocenters. The highest BCUT2D eigenvalue weighted by Crippen LogP contribution is 2.34. The Morgan fingerprint density at radius 1 is 1.25 bits per heavy atom. The molecule has 2 heteroatoms. The maximum atomic E-state index is 5.57. The minimum absolute atomic E-state index is 0.541. The van der Waals surface area contributed by atoms with Crippen LogP contribution >= 0.6 is 0 Å². The first-order valence-corrected chi connectivity index (χ1v) is 5.13. The molecule has 72 valence electrons. The largest absolute Gasteiger partial charge is 0.271 e. The molecule has 1 rings (SSSR count).